The van der Waals surface area contributed by atoms with E-state index in [-0.39, 0.29) is 16.8 Å². The molecule has 0 radical (unpaired) electrons. The summed E-state index contributed by atoms with van der Waals surface area (Å²) in [7, 11) is 0. The normalized spacial score (nSPS) is 15.7. The Morgan fingerprint density at radius 1 is 1.00 bits per heavy atom. The third kappa shape index (κ3) is 2.40. The van der Waals surface area contributed by atoms with Crippen LogP contribution in [0.3, 0.4) is 0 Å². The Hall–Kier alpha value is -3.28. The molecule has 0 saturated heterocycles. The molecule has 6 heteroatoms. The number of carbonyl (C=O) groups excluding carboxylic acids is 1. The predicted octanol–water partition coefficient (Wildman–Crippen LogP) is 3.15. The first-order chi connectivity index (χ1) is 11.0. The summed E-state index contributed by atoms with van der Waals surface area (Å²) in [6.45, 7) is 0. The van der Waals surface area contributed by atoms with Gasteiger partial charge in [-0.05, 0) is 12.1 Å². The fraction of sp³-hybridized carbons (Fsp3) is 0. The van der Waals surface area contributed by atoms with Crippen molar-refractivity contribution in [2.75, 3.05) is 0 Å². The molecule has 2 aromatic carbocycles. The maximum atomic E-state index is 13.7. The second kappa shape index (κ2) is 5.49. The Kier molecular flexibility index (Phi) is 3.50. The summed E-state index contributed by atoms with van der Waals surface area (Å²) in [6.07, 6.45) is 0. The number of rotatable bonds is 2. The van der Waals surface area contributed by atoms with E-state index in [1.165, 1.54) is 30.3 Å². The molecular formula is C17H10FNO4. The molecule has 2 aromatic rings. The van der Waals surface area contributed by atoms with E-state index in [9.17, 15) is 24.2 Å². The summed E-state index contributed by atoms with van der Waals surface area (Å²) in [4.78, 5) is 27.8. The van der Waals surface area contributed by atoms with Gasteiger partial charge in [-0.1, -0.05) is 36.4 Å². The molecule has 2 N–H and O–H groups in total. The van der Waals surface area contributed by atoms with Crippen LogP contribution < -0.4 is 0 Å². The number of carbonyl (C=O) groups is 2. The van der Waals surface area contributed by atoms with Crippen LogP contribution in [-0.2, 0) is 4.79 Å². The minimum Gasteiger partial charge on any atom is -0.506 e. The SMILES string of the molecule is O=C(O)C1=C(O)c2ccccc2C(=O)C1=Nc1ccccc1F. The topological polar surface area (TPSA) is 87.0 Å². The summed E-state index contributed by atoms with van der Waals surface area (Å²) in [6, 6.07) is 11.4. The zero-order chi connectivity index (χ0) is 16.6. The minimum atomic E-state index is -1.51. The van der Waals surface area contributed by atoms with Crippen LogP contribution in [0.1, 0.15) is 15.9 Å². The van der Waals surface area contributed by atoms with Crippen molar-refractivity contribution in [3.63, 3.8) is 0 Å². The van der Waals surface area contributed by atoms with Crippen LogP contribution in [0.15, 0.2) is 59.1 Å². The average Bonchev–Trinajstić information content (AvgIpc) is 2.54. The van der Waals surface area contributed by atoms with Gasteiger partial charge in [0.15, 0.2) is 0 Å². The number of nitrogens with zero attached hydrogens (tertiary/aromatic N) is 1. The third-order valence-corrected chi connectivity index (χ3v) is 3.41. The van der Waals surface area contributed by atoms with E-state index in [4.69, 9.17) is 0 Å². The van der Waals surface area contributed by atoms with Crippen molar-refractivity contribution in [1.29, 1.82) is 0 Å². The molecule has 0 saturated carbocycles. The van der Waals surface area contributed by atoms with Crippen LogP contribution in [0.2, 0.25) is 0 Å². The zero-order valence-electron chi connectivity index (χ0n) is 11.7. The molecule has 5 nitrogen and oxygen atoms in total. The van der Waals surface area contributed by atoms with Crippen molar-refractivity contribution in [3.8, 4) is 0 Å². The van der Waals surface area contributed by atoms with Crippen LogP contribution in [0, 0.1) is 5.82 Å². The summed E-state index contributed by atoms with van der Waals surface area (Å²) < 4.78 is 13.7. The number of benzene rings is 2. The molecule has 0 unspecified atom stereocenters. The Bertz CT molecular complexity index is 899. The Labute approximate surface area is 130 Å². The van der Waals surface area contributed by atoms with E-state index in [1.54, 1.807) is 12.1 Å². The fourth-order valence-corrected chi connectivity index (χ4v) is 2.35. The number of halogens is 1. The van der Waals surface area contributed by atoms with Gasteiger partial charge in [0.25, 0.3) is 0 Å². The van der Waals surface area contributed by atoms with E-state index < -0.39 is 34.6 Å². The van der Waals surface area contributed by atoms with Gasteiger partial charge in [0.2, 0.25) is 5.78 Å². The molecule has 0 bridgehead atoms. The molecule has 114 valence electrons. The van der Waals surface area contributed by atoms with Gasteiger partial charge in [0.1, 0.15) is 22.9 Å². The van der Waals surface area contributed by atoms with Crippen LogP contribution in [0.4, 0.5) is 10.1 Å². The second-order valence-corrected chi connectivity index (χ2v) is 4.82. The van der Waals surface area contributed by atoms with E-state index in [1.807, 2.05) is 0 Å². The number of carboxylic acid groups (broad SMARTS) is 1. The van der Waals surface area contributed by atoms with Gasteiger partial charge in [0, 0.05) is 11.1 Å². The number of ketones is 1. The van der Waals surface area contributed by atoms with Gasteiger partial charge >= 0.3 is 5.97 Å². The van der Waals surface area contributed by atoms with Crippen LogP contribution >= 0.6 is 0 Å². The predicted molar refractivity (Wildman–Crippen MR) is 81.5 cm³/mol. The molecule has 0 fully saturated rings. The Morgan fingerprint density at radius 2 is 1.61 bits per heavy atom. The molecule has 0 aromatic heterocycles. The summed E-state index contributed by atoms with van der Waals surface area (Å²) in [5, 5.41) is 19.5. The zero-order valence-corrected chi connectivity index (χ0v) is 11.7. The van der Waals surface area contributed by atoms with Crippen LogP contribution in [0.25, 0.3) is 5.76 Å². The highest BCUT2D eigenvalue weighted by Gasteiger charge is 2.35. The number of hydrogen-bond donors (Lipinski definition) is 2. The van der Waals surface area contributed by atoms with Gasteiger partial charge in [-0.3, -0.25) is 4.79 Å². The number of para-hydroxylation sites is 1. The van der Waals surface area contributed by atoms with Gasteiger partial charge in [-0.15, -0.1) is 0 Å². The largest absolute Gasteiger partial charge is 0.506 e. The molecule has 3 rings (SSSR count). The smallest absolute Gasteiger partial charge is 0.341 e. The van der Waals surface area contributed by atoms with Crippen LogP contribution in [0.5, 0.6) is 0 Å². The molecule has 0 aliphatic heterocycles. The fourth-order valence-electron chi connectivity index (χ4n) is 2.35. The number of aliphatic imine (C=N–C) groups is 1. The maximum Gasteiger partial charge on any atom is 0.341 e. The highest BCUT2D eigenvalue weighted by atomic mass is 19.1. The lowest BCUT2D eigenvalue weighted by molar-refractivity contribution is -0.132. The number of hydrogen-bond acceptors (Lipinski definition) is 4. The van der Waals surface area contributed by atoms with Crippen molar-refractivity contribution in [3.05, 3.63) is 71.0 Å². The molecule has 0 heterocycles. The van der Waals surface area contributed by atoms with Crippen LogP contribution in [-0.4, -0.2) is 27.7 Å². The Balaban J connectivity index is 2.29. The van der Waals surface area contributed by atoms with E-state index in [0.29, 0.717) is 0 Å². The first-order valence-corrected chi connectivity index (χ1v) is 6.65. The molecule has 23 heavy (non-hydrogen) atoms. The van der Waals surface area contributed by atoms with E-state index in [0.717, 1.165) is 6.07 Å². The number of aliphatic hydroxyl groups is 1. The molecule has 0 spiro atoms. The third-order valence-electron chi connectivity index (χ3n) is 3.41. The van der Waals surface area contributed by atoms with E-state index >= 15 is 0 Å². The van der Waals surface area contributed by atoms with Gasteiger partial charge < -0.3 is 10.2 Å². The second-order valence-electron chi connectivity index (χ2n) is 4.82. The molecule has 1 aliphatic carbocycles. The maximum absolute atomic E-state index is 13.7. The summed E-state index contributed by atoms with van der Waals surface area (Å²) in [5.74, 6) is -3.46. The number of Topliss-reactive ketones (excluding diaryl/α,β-unsaturated/α-hetero) is 1. The van der Waals surface area contributed by atoms with E-state index in [2.05, 4.69) is 4.99 Å². The lowest BCUT2D eigenvalue weighted by Crippen LogP contribution is -2.28. The monoisotopic (exact) mass is 311 g/mol. The highest BCUT2D eigenvalue weighted by molar-refractivity contribution is 6.59. The lowest BCUT2D eigenvalue weighted by atomic mass is 9.87. The summed E-state index contributed by atoms with van der Waals surface area (Å²) >= 11 is 0. The van der Waals surface area contributed by atoms with Crippen molar-refractivity contribution in [2.45, 2.75) is 0 Å². The van der Waals surface area contributed by atoms with Gasteiger partial charge in [-0.25, -0.2) is 14.2 Å². The van der Waals surface area contributed by atoms with Crippen molar-refractivity contribution in [1.82, 2.24) is 0 Å². The number of aliphatic hydroxyl groups excluding tert-OH is 1. The molecule has 1 aliphatic rings. The molecule has 0 atom stereocenters. The molecule has 0 amide bonds. The first kappa shape index (κ1) is 14.6. The highest BCUT2D eigenvalue weighted by Crippen LogP contribution is 2.30. The standard InChI is InChI=1S/C17H10FNO4/c18-11-7-3-4-8-12(11)19-14-13(17(22)23)15(20)9-5-1-2-6-10(9)16(14)21/h1-8,20H,(H,22,23). The molecular weight excluding hydrogens is 301 g/mol. The average molecular weight is 311 g/mol. The van der Waals surface area contributed by atoms with Gasteiger partial charge in [-0.2, -0.15) is 0 Å². The summed E-state index contributed by atoms with van der Waals surface area (Å²) in [5.41, 5.74) is -1.09. The number of carboxylic acids is 1. The Morgan fingerprint density at radius 3 is 2.26 bits per heavy atom. The van der Waals surface area contributed by atoms with Gasteiger partial charge in [0.05, 0.1) is 5.69 Å². The first-order valence-electron chi connectivity index (χ1n) is 6.65. The van der Waals surface area contributed by atoms with Crippen molar-refractivity contribution in [2.24, 2.45) is 4.99 Å². The van der Waals surface area contributed by atoms with Crippen molar-refractivity contribution >= 4 is 28.9 Å². The number of aliphatic carboxylic acids is 1. The lowest BCUT2D eigenvalue weighted by Gasteiger charge is -2.18. The van der Waals surface area contributed by atoms with Crippen molar-refractivity contribution < 1.29 is 24.2 Å². The quantitative estimate of drug-likeness (QED) is 0.892. The minimum absolute atomic E-state index is 0.113. The number of fused-ring (bicyclic) bond motifs is 1.